The van der Waals surface area contributed by atoms with Gasteiger partial charge in [0.15, 0.2) is 11.6 Å². The Bertz CT molecular complexity index is 1230. The SMILES string of the molecule is CCCCCOc1ccc(-c2ccc(-c3ccc(-c4ccc(OCC)cc4)cc3)c(F)c2F)cc1. The van der Waals surface area contributed by atoms with Crippen LogP contribution in [-0.4, -0.2) is 13.2 Å². The van der Waals surface area contributed by atoms with Gasteiger partial charge in [-0.2, -0.15) is 0 Å². The summed E-state index contributed by atoms with van der Waals surface area (Å²) in [5.41, 5.74) is 3.72. The Balaban J connectivity index is 1.50. The molecule has 0 bridgehead atoms. The van der Waals surface area contributed by atoms with Crippen molar-refractivity contribution in [3.8, 4) is 44.9 Å². The highest BCUT2D eigenvalue weighted by molar-refractivity contribution is 5.74. The van der Waals surface area contributed by atoms with Crippen LogP contribution in [-0.2, 0) is 0 Å². The monoisotopic (exact) mass is 472 g/mol. The van der Waals surface area contributed by atoms with E-state index in [1.807, 2.05) is 55.5 Å². The normalized spacial score (nSPS) is 10.9. The van der Waals surface area contributed by atoms with Gasteiger partial charge in [0.05, 0.1) is 13.2 Å². The highest BCUT2D eigenvalue weighted by Gasteiger charge is 2.16. The molecule has 0 fully saturated rings. The molecule has 0 spiro atoms. The van der Waals surface area contributed by atoms with Crippen LogP contribution in [0.4, 0.5) is 8.78 Å². The van der Waals surface area contributed by atoms with Crippen LogP contribution in [0.3, 0.4) is 0 Å². The van der Waals surface area contributed by atoms with Crippen molar-refractivity contribution in [2.45, 2.75) is 33.1 Å². The maximum atomic E-state index is 15.1. The highest BCUT2D eigenvalue weighted by atomic mass is 19.2. The van der Waals surface area contributed by atoms with E-state index in [2.05, 4.69) is 6.92 Å². The molecule has 0 amide bonds. The molecule has 0 N–H and O–H groups in total. The maximum Gasteiger partial charge on any atom is 0.167 e. The molecular weight excluding hydrogens is 442 g/mol. The lowest BCUT2D eigenvalue weighted by Crippen LogP contribution is -1.97. The van der Waals surface area contributed by atoms with E-state index in [1.165, 1.54) is 0 Å². The average molecular weight is 473 g/mol. The number of halogens is 2. The van der Waals surface area contributed by atoms with Crippen molar-refractivity contribution in [2.75, 3.05) is 13.2 Å². The second-order valence-corrected chi connectivity index (χ2v) is 8.40. The summed E-state index contributed by atoms with van der Waals surface area (Å²) < 4.78 is 41.3. The van der Waals surface area contributed by atoms with Crippen LogP contribution < -0.4 is 9.47 Å². The standard InChI is InChI=1S/C31H30F2O2/c1-3-5-6-21-35-27-17-13-25(14-18-27)29-20-19-28(30(32)31(29)33)24-9-7-22(8-10-24)23-11-15-26(16-12-23)34-4-2/h7-20H,3-6,21H2,1-2H3. The van der Waals surface area contributed by atoms with Crippen LogP contribution in [0.5, 0.6) is 11.5 Å². The summed E-state index contributed by atoms with van der Waals surface area (Å²) >= 11 is 0. The molecule has 35 heavy (non-hydrogen) atoms. The summed E-state index contributed by atoms with van der Waals surface area (Å²) in [7, 11) is 0. The first kappa shape index (κ1) is 24.5. The molecule has 4 aromatic carbocycles. The maximum absolute atomic E-state index is 15.1. The Morgan fingerprint density at radius 2 is 0.943 bits per heavy atom. The molecule has 0 atom stereocenters. The summed E-state index contributed by atoms with van der Waals surface area (Å²) in [5, 5.41) is 0. The fourth-order valence-corrected chi connectivity index (χ4v) is 4.02. The molecule has 0 saturated carbocycles. The first-order valence-corrected chi connectivity index (χ1v) is 12.2. The lowest BCUT2D eigenvalue weighted by Gasteiger charge is -2.11. The third kappa shape index (κ3) is 5.89. The van der Waals surface area contributed by atoms with E-state index < -0.39 is 11.6 Å². The van der Waals surface area contributed by atoms with Crippen molar-refractivity contribution in [1.29, 1.82) is 0 Å². The van der Waals surface area contributed by atoms with Gasteiger partial charge in [0.2, 0.25) is 0 Å². The van der Waals surface area contributed by atoms with Gasteiger partial charge in [0.1, 0.15) is 11.5 Å². The van der Waals surface area contributed by atoms with Crippen LogP contribution in [0.15, 0.2) is 84.9 Å². The molecule has 0 aliphatic carbocycles. The molecule has 0 aliphatic heterocycles. The van der Waals surface area contributed by atoms with Crippen molar-refractivity contribution in [2.24, 2.45) is 0 Å². The van der Waals surface area contributed by atoms with Crippen LogP contribution >= 0.6 is 0 Å². The van der Waals surface area contributed by atoms with Gasteiger partial charge < -0.3 is 9.47 Å². The van der Waals surface area contributed by atoms with Gasteiger partial charge >= 0.3 is 0 Å². The van der Waals surface area contributed by atoms with Gasteiger partial charge in [-0.25, -0.2) is 8.78 Å². The molecule has 0 heterocycles. The van der Waals surface area contributed by atoms with Crippen LogP contribution in [0.1, 0.15) is 33.1 Å². The number of unbranched alkanes of at least 4 members (excludes halogenated alkanes) is 2. The topological polar surface area (TPSA) is 18.5 Å². The second kappa shape index (κ2) is 11.7. The molecule has 180 valence electrons. The zero-order valence-corrected chi connectivity index (χ0v) is 20.2. The fourth-order valence-electron chi connectivity index (χ4n) is 4.02. The van der Waals surface area contributed by atoms with Gasteiger partial charge in [-0.3, -0.25) is 0 Å². The number of hydrogen-bond acceptors (Lipinski definition) is 2. The highest BCUT2D eigenvalue weighted by Crippen LogP contribution is 2.33. The molecule has 0 aliphatic rings. The Morgan fingerprint density at radius 3 is 1.43 bits per heavy atom. The fraction of sp³-hybridized carbons (Fsp3) is 0.226. The Kier molecular flexibility index (Phi) is 8.15. The molecular formula is C31H30F2O2. The predicted molar refractivity (Wildman–Crippen MR) is 139 cm³/mol. The van der Waals surface area contributed by atoms with E-state index >= 15 is 8.78 Å². The van der Waals surface area contributed by atoms with Crippen molar-refractivity contribution < 1.29 is 18.3 Å². The molecule has 0 radical (unpaired) electrons. The van der Waals surface area contributed by atoms with Crippen LogP contribution in [0, 0.1) is 11.6 Å². The average Bonchev–Trinajstić information content (AvgIpc) is 2.90. The van der Waals surface area contributed by atoms with E-state index in [0.29, 0.717) is 24.3 Å². The number of ether oxygens (including phenoxy) is 2. The quantitative estimate of drug-likeness (QED) is 0.215. The summed E-state index contributed by atoms with van der Waals surface area (Å²) in [6, 6.07) is 25.6. The molecule has 4 aromatic rings. The summed E-state index contributed by atoms with van der Waals surface area (Å²) in [6.07, 6.45) is 3.26. The molecule has 4 rings (SSSR count). The van der Waals surface area contributed by atoms with Crippen molar-refractivity contribution in [3.05, 3.63) is 96.6 Å². The molecule has 0 saturated heterocycles. The number of hydrogen-bond donors (Lipinski definition) is 0. The first-order chi connectivity index (χ1) is 17.1. The molecule has 0 unspecified atom stereocenters. The molecule has 4 heteroatoms. The lowest BCUT2D eigenvalue weighted by molar-refractivity contribution is 0.306. The zero-order chi connectivity index (χ0) is 24.6. The van der Waals surface area contributed by atoms with Crippen LogP contribution in [0.25, 0.3) is 33.4 Å². The largest absolute Gasteiger partial charge is 0.494 e. The van der Waals surface area contributed by atoms with Gasteiger partial charge in [-0.05, 0) is 59.9 Å². The Morgan fingerprint density at radius 1 is 0.514 bits per heavy atom. The number of benzene rings is 4. The van der Waals surface area contributed by atoms with Gasteiger partial charge in [-0.15, -0.1) is 0 Å². The van der Waals surface area contributed by atoms with Gasteiger partial charge in [0, 0.05) is 11.1 Å². The van der Waals surface area contributed by atoms with Gasteiger partial charge in [-0.1, -0.05) is 80.4 Å². The minimum atomic E-state index is -0.852. The molecule has 2 nitrogen and oxygen atoms in total. The third-order valence-electron chi connectivity index (χ3n) is 5.96. The predicted octanol–water partition coefficient (Wildman–Crippen LogP) is 8.93. The minimum Gasteiger partial charge on any atom is -0.494 e. The summed E-state index contributed by atoms with van der Waals surface area (Å²) in [5.74, 6) is -0.152. The van der Waals surface area contributed by atoms with Crippen LogP contribution in [0.2, 0.25) is 0 Å². The van der Waals surface area contributed by atoms with Crippen molar-refractivity contribution in [1.82, 2.24) is 0 Å². The lowest BCUT2D eigenvalue weighted by atomic mass is 9.97. The van der Waals surface area contributed by atoms with E-state index in [1.54, 1.807) is 36.4 Å². The van der Waals surface area contributed by atoms with Crippen molar-refractivity contribution >= 4 is 0 Å². The smallest absolute Gasteiger partial charge is 0.167 e. The Hall–Kier alpha value is -3.66. The second-order valence-electron chi connectivity index (χ2n) is 8.40. The van der Waals surface area contributed by atoms with Gasteiger partial charge in [0.25, 0.3) is 0 Å². The zero-order valence-electron chi connectivity index (χ0n) is 20.2. The van der Waals surface area contributed by atoms with E-state index in [-0.39, 0.29) is 11.1 Å². The number of rotatable bonds is 10. The molecule has 0 aromatic heterocycles. The summed E-state index contributed by atoms with van der Waals surface area (Å²) in [6.45, 7) is 5.37. The van der Waals surface area contributed by atoms with E-state index in [4.69, 9.17) is 9.47 Å². The third-order valence-corrected chi connectivity index (χ3v) is 5.96. The minimum absolute atomic E-state index is 0.231. The van der Waals surface area contributed by atoms with E-state index in [0.717, 1.165) is 41.9 Å². The Labute approximate surface area is 206 Å². The first-order valence-electron chi connectivity index (χ1n) is 12.2. The van der Waals surface area contributed by atoms with E-state index in [9.17, 15) is 0 Å². The summed E-state index contributed by atoms with van der Waals surface area (Å²) in [4.78, 5) is 0. The van der Waals surface area contributed by atoms with Crippen molar-refractivity contribution in [3.63, 3.8) is 0 Å².